The van der Waals surface area contributed by atoms with Crippen molar-refractivity contribution < 1.29 is 18.0 Å². The molecule has 1 aromatic rings. The van der Waals surface area contributed by atoms with E-state index in [-0.39, 0.29) is 17.2 Å². The lowest BCUT2D eigenvalue weighted by molar-refractivity contribution is -0.141. The van der Waals surface area contributed by atoms with Crippen LogP contribution in [0, 0.1) is 12.8 Å². The van der Waals surface area contributed by atoms with Crippen molar-refractivity contribution in [1.82, 2.24) is 15.6 Å². The van der Waals surface area contributed by atoms with Crippen molar-refractivity contribution in [1.29, 1.82) is 0 Å². The third-order valence-corrected chi connectivity index (χ3v) is 3.57. The number of halogens is 3. The molecular formula is C14H18F3N3O. The third kappa shape index (κ3) is 4.17. The molecule has 0 radical (unpaired) electrons. The molecule has 2 rings (SSSR count). The second kappa shape index (κ2) is 6.43. The zero-order chi connectivity index (χ0) is 15.5. The fourth-order valence-electron chi connectivity index (χ4n) is 2.39. The fourth-order valence-corrected chi connectivity index (χ4v) is 2.39. The quantitative estimate of drug-likeness (QED) is 0.899. The van der Waals surface area contributed by atoms with E-state index in [1.807, 2.05) is 0 Å². The topological polar surface area (TPSA) is 54.0 Å². The van der Waals surface area contributed by atoms with Gasteiger partial charge in [0.25, 0.3) is 5.91 Å². The molecule has 1 fully saturated rings. The molecule has 4 nitrogen and oxygen atoms in total. The summed E-state index contributed by atoms with van der Waals surface area (Å²) in [6, 6.07) is 2.02. The number of amides is 1. The molecule has 2 heterocycles. The summed E-state index contributed by atoms with van der Waals surface area (Å²) >= 11 is 0. The van der Waals surface area contributed by atoms with Crippen LogP contribution >= 0.6 is 0 Å². The molecule has 21 heavy (non-hydrogen) atoms. The summed E-state index contributed by atoms with van der Waals surface area (Å²) in [5.74, 6) is -0.00953. The highest BCUT2D eigenvalue weighted by molar-refractivity contribution is 5.95. The van der Waals surface area contributed by atoms with Crippen molar-refractivity contribution in [2.75, 3.05) is 19.6 Å². The van der Waals surface area contributed by atoms with Crippen molar-refractivity contribution >= 4 is 5.91 Å². The van der Waals surface area contributed by atoms with E-state index in [0.29, 0.717) is 12.5 Å². The molecule has 1 aliphatic heterocycles. The summed E-state index contributed by atoms with van der Waals surface area (Å²) < 4.78 is 37.6. The Hall–Kier alpha value is -1.63. The average molecular weight is 301 g/mol. The molecule has 0 bridgehead atoms. The van der Waals surface area contributed by atoms with Gasteiger partial charge < -0.3 is 10.6 Å². The first kappa shape index (κ1) is 15.8. The molecule has 1 saturated heterocycles. The first-order valence-corrected chi connectivity index (χ1v) is 6.91. The molecule has 0 aliphatic carbocycles. The molecule has 1 amide bonds. The van der Waals surface area contributed by atoms with E-state index in [9.17, 15) is 18.0 Å². The Labute approximate surface area is 121 Å². The van der Waals surface area contributed by atoms with E-state index < -0.39 is 11.9 Å². The number of aromatic nitrogens is 1. The zero-order valence-electron chi connectivity index (χ0n) is 11.8. The Kier molecular flexibility index (Phi) is 4.82. The second-order valence-corrected chi connectivity index (χ2v) is 5.25. The smallest absolute Gasteiger partial charge is 0.352 e. The number of nitrogens with one attached hydrogen (secondary N) is 2. The largest absolute Gasteiger partial charge is 0.433 e. The molecule has 7 heteroatoms. The van der Waals surface area contributed by atoms with E-state index in [4.69, 9.17) is 0 Å². The van der Waals surface area contributed by atoms with Gasteiger partial charge in [-0.3, -0.25) is 4.79 Å². The fraction of sp³-hybridized carbons (Fsp3) is 0.571. The van der Waals surface area contributed by atoms with Crippen LogP contribution < -0.4 is 10.6 Å². The maximum absolute atomic E-state index is 12.5. The minimum Gasteiger partial charge on any atom is -0.352 e. The lowest BCUT2D eigenvalue weighted by atomic mass is 9.99. The molecule has 0 saturated carbocycles. The molecule has 0 spiro atoms. The van der Waals surface area contributed by atoms with Crippen LogP contribution in [0.25, 0.3) is 0 Å². The Balaban J connectivity index is 1.99. The van der Waals surface area contributed by atoms with Crippen LogP contribution in [0.5, 0.6) is 0 Å². The minimum absolute atomic E-state index is 0.0871. The van der Waals surface area contributed by atoms with Gasteiger partial charge in [-0.15, -0.1) is 0 Å². The van der Waals surface area contributed by atoms with Gasteiger partial charge in [0.2, 0.25) is 0 Å². The summed E-state index contributed by atoms with van der Waals surface area (Å²) in [6.45, 7) is 3.77. The predicted molar refractivity (Wildman–Crippen MR) is 71.9 cm³/mol. The van der Waals surface area contributed by atoms with Gasteiger partial charge in [0.05, 0.1) is 11.3 Å². The molecule has 1 aliphatic rings. The number of aryl methyl sites for hydroxylation is 1. The van der Waals surface area contributed by atoms with Gasteiger partial charge in [-0.25, -0.2) is 4.98 Å². The monoisotopic (exact) mass is 301 g/mol. The first-order valence-electron chi connectivity index (χ1n) is 6.91. The Morgan fingerprint density at radius 2 is 2.24 bits per heavy atom. The molecule has 0 aromatic carbocycles. The van der Waals surface area contributed by atoms with Gasteiger partial charge in [0.15, 0.2) is 0 Å². The zero-order valence-corrected chi connectivity index (χ0v) is 11.8. The predicted octanol–water partition coefficient (Wildman–Crippen LogP) is 2.14. The molecule has 116 valence electrons. The number of pyridine rings is 1. The van der Waals surface area contributed by atoms with Gasteiger partial charge in [0, 0.05) is 6.54 Å². The van der Waals surface area contributed by atoms with Crippen LogP contribution in [0.2, 0.25) is 0 Å². The van der Waals surface area contributed by atoms with Crippen LogP contribution in [-0.2, 0) is 6.18 Å². The van der Waals surface area contributed by atoms with Gasteiger partial charge in [-0.1, -0.05) is 0 Å². The van der Waals surface area contributed by atoms with Crippen molar-refractivity contribution in [2.24, 2.45) is 5.92 Å². The van der Waals surface area contributed by atoms with Gasteiger partial charge >= 0.3 is 6.18 Å². The van der Waals surface area contributed by atoms with E-state index >= 15 is 0 Å². The average Bonchev–Trinajstić information content (AvgIpc) is 2.45. The number of piperidine rings is 1. The van der Waals surface area contributed by atoms with E-state index in [2.05, 4.69) is 15.6 Å². The lowest BCUT2D eigenvalue weighted by Crippen LogP contribution is -2.38. The number of nitrogens with zero attached hydrogens (tertiary/aromatic N) is 1. The summed E-state index contributed by atoms with van der Waals surface area (Å²) in [5.41, 5.74) is -0.705. The molecule has 1 atom stereocenters. The van der Waals surface area contributed by atoms with Crippen molar-refractivity contribution in [2.45, 2.75) is 25.9 Å². The number of hydrogen-bond donors (Lipinski definition) is 2. The molecule has 1 unspecified atom stereocenters. The molecule has 2 N–H and O–H groups in total. The van der Waals surface area contributed by atoms with Crippen molar-refractivity contribution in [3.05, 3.63) is 29.1 Å². The van der Waals surface area contributed by atoms with E-state index in [0.717, 1.165) is 32.0 Å². The van der Waals surface area contributed by atoms with Crippen molar-refractivity contribution in [3.8, 4) is 0 Å². The summed E-state index contributed by atoms with van der Waals surface area (Å²) in [4.78, 5) is 15.5. The summed E-state index contributed by atoms with van der Waals surface area (Å²) in [6.07, 6.45) is -2.38. The normalized spacial score (nSPS) is 19.3. The standard InChI is InChI=1S/C14H18F3N3O/c1-9-11(4-5-12(20-9)14(15,16)17)13(21)19-8-10-3-2-6-18-7-10/h4-5,10,18H,2-3,6-8H2,1H3,(H,19,21). The summed E-state index contributed by atoms with van der Waals surface area (Å²) in [7, 11) is 0. The van der Waals surface area contributed by atoms with Crippen LogP contribution in [-0.4, -0.2) is 30.5 Å². The Bertz CT molecular complexity index is 511. The summed E-state index contributed by atoms with van der Waals surface area (Å²) in [5, 5.41) is 6.01. The van der Waals surface area contributed by atoms with Gasteiger partial charge in [0.1, 0.15) is 5.69 Å². The van der Waals surface area contributed by atoms with Crippen molar-refractivity contribution in [3.63, 3.8) is 0 Å². The number of carbonyl (C=O) groups excluding carboxylic acids is 1. The lowest BCUT2D eigenvalue weighted by Gasteiger charge is -2.23. The number of alkyl halides is 3. The van der Waals surface area contributed by atoms with E-state index in [1.54, 1.807) is 0 Å². The van der Waals surface area contributed by atoms with Crippen LogP contribution in [0.15, 0.2) is 12.1 Å². The van der Waals surface area contributed by atoms with Crippen LogP contribution in [0.1, 0.15) is 34.6 Å². The maximum Gasteiger partial charge on any atom is 0.433 e. The number of carbonyl (C=O) groups is 1. The van der Waals surface area contributed by atoms with Crippen LogP contribution in [0.4, 0.5) is 13.2 Å². The highest BCUT2D eigenvalue weighted by Gasteiger charge is 2.33. The van der Waals surface area contributed by atoms with Gasteiger partial charge in [-0.05, 0) is 50.9 Å². The minimum atomic E-state index is -4.49. The second-order valence-electron chi connectivity index (χ2n) is 5.25. The van der Waals surface area contributed by atoms with Gasteiger partial charge in [-0.2, -0.15) is 13.2 Å². The number of rotatable bonds is 3. The molecular weight excluding hydrogens is 283 g/mol. The highest BCUT2D eigenvalue weighted by Crippen LogP contribution is 2.28. The Morgan fingerprint density at radius 3 is 2.81 bits per heavy atom. The highest BCUT2D eigenvalue weighted by atomic mass is 19.4. The Morgan fingerprint density at radius 1 is 1.48 bits per heavy atom. The third-order valence-electron chi connectivity index (χ3n) is 3.57. The van der Waals surface area contributed by atoms with E-state index in [1.165, 1.54) is 13.0 Å². The SMILES string of the molecule is Cc1nc(C(F)(F)F)ccc1C(=O)NCC1CCCNC1. The first-order chi connectivity index (χ1) is 9.88. The maximum atomic E-state index is 12.5. The van der Waals surface area contributed by atoms with Crippen LogP contribution in [0.3, 0.4) is 0 Å². The molecule has 1 aromatic heterocycles. The number of hydrogen-bond acceptors (Lipinski definition) is 3.